The van der Waals surface area contributed by atoms with Crippen LogP contribution in [0.2, 0.25) is 0 Å². The van der Waals surface area contributed by atoms with Gasteiger partial charge in [-0.2, -0.15) is 0 Å². The van der Waals surface area contributed by atoms with Gasteiger partial charge in [0.25, 0.3) is 0 Å². The third-order valence-corrected chi connectivity index (χ3v) is 2.74. The van der Waals surface area contributed by atoms with Crippen molar-refractivity contribution in [1.82, 2.24) is 9.97 Å². The van der Waals surface area contributed by atoms with E-state index in [1.165, 1.54) is 6.07 Å². The van der Waals surface area contributed by atoms with Crippen molar-refractivity contribution in [2.75, 3.05) is 10.7 Å². The molecule has 0 aliphatic heterocycles. The van der Waals surface area contributed by atoms with Gasteiger partial charge in [0.2, 0.25) is 0 Å². The number of nitrogen functional groups attached to an aromatic ring is 1. The lowest BCUT2D eigenvalue weighted by Gasteiger charge is -2.19. The molecule has 112 valence electrons. The molecule has 1 heterocycles. The third kappa shape index (κ3) is 3.63. The van der Waals surface area contributed by atoms with Crippen LogP contribution >= 0.6 is 0 Å². The summed E-state index contributed by atoms with van der Waals surface area (Å²) in [5, 5.41) is 2.74. The van der Waals surface area contributed by atoms with Gasteiger partial charge in [-0.15, -0.1) is 0 Å². The Morgan fingerprint density at radius 2 is 1.71 bits per heavy atom. The number of hydrogen-bond acceptors (Lipinski definition) is 5. The van der Waals surface area contributed by atoms with E-state index in [1.54, 1.807) is 0 Å². The number of nitrogens with two attached hydrogens (primary N) is 1. The average molecular weight is 293 g/mol. The first-order valence-electron chi connectivity index (χ1n) is 6.38. The van der Waals surface area contributed by atoms with Gasteiger partial charge in [-0.25, -0.2) is 24.6 Å². The maximum atomic E-state index is 13.7. The quantitative estimate of drug-likeness (QED) is 0.599. The standard InChI is InChI=1S/C14H17F2N5/c1-14(2,3)13-19-11(7-12(20-13)21-17)18-10-6-8(15)4-5-9(10)16/h4-7H,17H2,1-3H3,(H2,18,19,20,21). The molecular formula is C14H17F2N5. The van der Waals surface area contributed by atoms with Crippen molar-refractivity contribution in [1.29, 1.82) is 0 Å². The molecule has 7 heteroatoms. The molecule has 4 N–H and O–H groups in total. The van der Waals surface area contributed by atoms with E-state index in [1.807, 2.05) is 20.8 Å². The lowest BCUT2D eigenvalue weighted by Crippen LogP contribution is -2.19. The summed E-state index contributed by atoms with van der Waals surface area (Å²) in [6, 6.07) is 4.67. The van der Waals surface area contributed by atoms with Gasteiger partial charge in [-0.05, 0) is 12.1 Å². The SMILES string of the molecule is CC(C)(C)c1nc(NN)cc(Nc2cc(F)ccc2F)n1. The largest absolute Gasteiger partial charge is 0.338 e. The number of nitrogens with one attached hydrogen (secondary N) is 2. The predicted molar refractivity (Wildman–Crippen MR) is 78.2 cm³/mol. The van der Waals surface area contributed by atoms with Crippen LogP contribution in [-0.2, 0) is 5.41 Å². The van der Waals surface area contributed by atoms with Crippen LogP contribution < -0.4 is 16.6 Å². The second-order valence-electron chi connectivity index (χ2n) is 5.61. The normalized spacial score (nSPS) is 11.3. The summed E-state index contributed by atoms with van der Waals surface area (Å²) < 4.78 is 26.9. The number of hydrazine groups is 1. The number of hydrogen-bond donors (Lipinski definition) is 3. The molecule has 0 aliphatic carbocycles. The highest BCUT2D eigenvalue weighted by atomic mass is 19.1. The lowest BCUT2D eigenvalue weighted by atomic mass is 9.96. The van der Waals surface area contributed by atoms with Gasteiger partial charge in [0.1, 0.15) is 29.1 Å². The highest BCUT2D eigenvalue weighted by molar-refractivity contribution is 5.59. The maximum absolute atomic E-state index is 13.7. The van der Waals surface area contributed by atoms with Crippen molar-refractivity contribution in [3.05, 3.63) is 41.7 Å². The summed E-state index contributed by atoms with van der Waals surface area (Å²) >= 11 is 0. The first-order valence-corrected chi connectivity index (χ1v) is 6.38. The van der Waals surface area contributed by atoms with Gasteiger partial charge in [0, 0.05) is 17.5 Å². The van der Waals surface area contributed by atoms with Gasteiger partial charge < -0.3 is 10.7 Å². The van der Waals surface area contributed by atoms with E-state index in [4.69, 9.17) is 5.84 Å². The van der Waals surface area contributed by atoms with Gasteiger partial charge in [-0.3, -0.25) is 0 Å². The molecule has 0 amide bonds. The van der Waals surface area contributed by atoms with Crippen LogP contribution in [0.3, 0.4) is 0 Å². The minimum atomic E-state index is -0.574. The second-order valence-corrected chi connectivity index (χ2v) is 5.61. The zero-order valence-corrected chi connectivity index (χ0v) is 12.0. The minimum Gasteiger partial charge on any atom is -0.338 e. The second kappa shape index (κ2) is 5.61. The zero-order chi connectivity index (χ0) is 15.6. The fraction of sp³-hybridized carbons (Fsp3) is 0.286. The Morgan fingerprint density at radius 3 is 2.33 bits per heavy atom. The molecule has 0 saturated carbocycles. The zero-order valence-electron chi connectivity index (χ0n) is 12.0. The van der Waals surface area contributed by atoms with Gasteiger partial charge in [0.05, 0.1) is 5.69 Å². The van der Waals surface area contributed by atoms with Gasteiger partial charge in [-0.1, -0.05) is 20.8 Å². The fourth-order valence-corrected chi connectivity index (χ4v) is 1.65. The molecule has 0 bridgehead atoms. The molecular weight excluding hydrogens is 276 g/mol. The summed E-state index contributed by atoms with van der Waals surface area (Å²) in [5.74, 6) is 5.50. The third-order valence-electron chi connectivity index (χ3n) is 2.74. The Hall–Kier alpha value is -2.28. The van der Waals surface area contributed by atoms with E-state index < -0.39 is 11.6 Å². The van der Waals surface area contributed by atoms with Gasteiger partial charge in [0.15, 0.2) is 0 Å². The number of anilines is 3. The van der Waals surface area contributed by atoms with Gasteiger partial charge >= 0.3 is 0 Å². The smallest absolute Gasteiger partial charge is 0.146 e. The molecule has 0 aliphatic rings. The Labute approximate surface area is 121 Å². The summed E-state index contributed by atoms with van der Waals surface area (Å²) in [5.41, 5.74) is 2.11. The van der Waals surface area contributed by atoms with Crippen molar-refractivity contribution < 1.29 is 8.78 Å². The summed E-state index contributed by atoms with van der Waals surface area (Å²) in [6.07, 6.45) is 0. The van der Waals surface area contributed by atoms with Crippen molar-refractivity contribution >= 4 is 17.3 Å². The Morgan fingerprint density at radius 1 is 1.05 bits per heavy atom. The average Bonchev–Trinajstić information content (AvgIpc) is 2.41. The molecule has 1 aromatic heterocycles. The molecule has 0 fully saturated rings. The summed E-state index contributed by atoms with van der Waals surface area (Å²) in [7, 11) is 0. The van der Waals surface area contributed by atoms with Crippen LogP contribution in [0, 0.1) is 11.6 Å². The molecule has 0 atom stereocenters. The first-order chi connectivity index (χ1) is 9.79. The lowest BCUT2D eigenvalue weighted by molar-refractivity contribution is 0.547. The molecule has 5 nitrogen and oxygen atoms in total. The van der Waals surface area contributed by atoms with E-state index in [0.717, 1.165) is 18.2 Å². The van der Waals surface area contributed by atoms with Crippen LogP contribution in [0.1, 0.15) is 26.6 Å². The summed E-state index contributed by atoms with van der Waals surface area (Å²) in [4.78, 5) is 8.56. The van der Waals surface area contributed by atoms with Crippen molar-refractivity contribution in [3.8, 4) is 0 Å². The fourth-order valence-electron chi connectivity index (χ4n) is 1.65. The van der Waals surface area contributed by atoms with Crippen LogP contribution in [0.15, 0.2) is 24.3 Å². The van der Waals surface area contributed by atoms with E-state index in [-0.39, 0.29) is 11.1 Å². The van der Waals surface area contributed by atoms with Crippen molar-refractivity contribution in [3.63, 3.8) is 0 Å². The predicted octanol–water partition coefficient (Wildman–Crippen LogP) is 3.08. The molecule has 0 spiro atoms. The molecule has 2 rings (SSSR count). The van der Waals surface area contributed by atoms with E-state index in [2.05, 4.69) is 20.7 Å². The van der Waals surface area contributed by atoms with Crippen molar-refractivity contribution in [2.45, 2.75) is 26.2 Å². The molecule has 21 heavy (non-hydrogen) atoms. The Kier molecular flexibility index (Phi) is 4.04. The van der Waals surface area contributed by atoms with E-state index in [0.29, 0.717) is 17.5 Å². The first kappa shape index (κ1) is 15.1. The maximum Gasteiger partial charge on any atom is 0.146 e. The summed E-state index contributed by atoms with van der Waals surface area (Å²) in [6.45, 7) is 5.82. The molecule has 2 aromatic rings. The molecule has 0 saturated heterocycles. The highest BCUT2D eigenvalue weighted by Crippen LogP contribution is 2.25. The molecule has 0 unspecified atom stereocenters. The van der Waals surface area contributed by atoms with Crippen LogP contribution in [0.25, 0.3) is 0 Å². The van der Waals surface area contributed by atoms with Crippen LogP contribution in [0.5, 0.6) is 0 Å². The van der Waals surface area contributed by atoms with Crippen LogP contribution in [-0.4, -0.2) is 9.97 Å². The number of rotatable bonds is 3. The highest BCUT2D eigenvalue weighted by Gasteiger charge is 2.19. The number of benzene rings is 1. The Bertz CT molecular complexity index is 652. The number of nitrogens with zero attached hydrogens (tertiary/aromatic N) is 2. The monoisotopic (exact) mass is 293 g/mol. The van der Waals surface area contributed by atoms with Crippen LogP contribution in [0.4, 0.5) is 26.1 Å². The van der Waals surface area contributed by atoms with E-state index >= 15 is 0 Å². The minimum absolute atomic E-state index is 0.00321. The molecule has 1 aromatic carbocycles. The number of halogens is 2. The van der Waals surface area contributed by atoms with Crippen molar-refractivity contribution in [2.24, 2.45) is 5.84 Å². The topological polar surface area (TPSA) is 75.9 Å². The van der Waals surface area contributed by atoms with E-state index in [9.17, 15) is 8.78 Å². The molecule has 0 radical (unpaired) electrons. The number of aromatic nitrogens is 2. The Balaban J connectivity index is 2.42.